The molecule has 0 bridgehead atoms. The number of aryl methyl sites for hydroxylation is 1. The van der Waals surface area contributed by atoms with Crippen LogP contribution in [-0.2, 0) is 22.4 Å². The first kappa shape index (κ1) is 19.4. The highest BCUT2D eigenvalue weighted by Crippen LogP contribution is 2.22. The summed E-state index contributed by atoms with van der Waals surface area (Å²) in [5.74, 6) is -0.491. The van der Waals surface area contributed by atoms with E-state index in [0.717, 1.165) is 35.1 Å². The molecular weight excluding hydrogens is 328 g/mol. The van der Waals surface area contributed by atoms with Crippen LogP contribution in [0.5, 0.6) is 0 Å². The number of carbonyl (C=O) groups is 2. The van der Waals surface area contributed by atoms with Crippen molar-refractivity contribution in [3.8, 4) is 11.1 Å². The van der Waals surface area contributed by atoms with E-state index in [1.54, 1.807) is 0 Å². The molecule has 0 radical (unpaired) electrons. The average Bonchev–Trinajstić information content (AvgIpc) is 2.63. The van der Waals surface area contributed by atoms with E-state index in [-0.39, 0.29) is 6.42 Å². The lowest BCUT2D eigenvalue weighted by Gasteiger charge is -2.15. The van der Waals surface area contributed by atoms with Crippen molar-refractivity contribution in [2.24, 2.45) is 0 Å². The molecule has 2 N–H and O–H groups in total. The highest BCUT2D eigenvalue weighted by molar-refractivity contribution is 5.88. The summed E-state index contributed by atoms with van der Waals surface area (Å²) in [6.07, 6.45) is 2.89. The molecule has 2 rings (SSSR count). The molecular formula is C21H24N2O3. The summed E-state index contributed by atoms with van der Waals surface area (Å²) in [5, 5.41) is 16.9. The van der Waals surface area contributed by atoms with Gasteiger partial charge in [0.1, 0.15) is 5.84 Å². The maximum absolute atomic E-state index is 10.9. The number of rotatable bonds is 9. The Bertz CT molecular complexity index is 786. The Balaban J connectivity index is 2.03. The number of nitrogens with one attached hydrogen (secondary N) is 1. The van der Waals surface area contributed by atoms with Crippen LogP contribution in [0.15, 0.2) is 48.5 Å². The van der Waals surface area contributed by atoms with Gasteiger partial charge in [-0.25, -0.2) is 0 Å². The second-order valence-electron chi connectivity index (χ2n) is 6.16. The number of amidine groups is 1. The predicted octanol–water partition coefficient (Wildman–Crippen LogP) is 3.76. The van der Waals surface area contributed by atoms with Crippen molar-refractivity contribution in [3.63, 3.8) is 0 Å². The predicted molar refractivity (Wildman–Crippen MR) is 102 cm³/mol. The first-order valence-electron chi connectivity index (χ1n) is 8.73. The van der Waals surface area contributed by atoms with E-state index in [1.165, 1.54) is 4.90 Å². The Hall–Kier alpha value is -2.95. The lowest BCUT2D eigenvalue weighted by molar-refractivity contribution is -0.136. The number of benzene rings is 2. The second-order valence-corrected chi connectivity index (χ2v) is 6.16. The molecule has 0 aromatic heterocycles. The van der Waals surface area contributed by atoms with Crippen molar-refractivity contribution >= 4 is 18.2 Å². The molecule has 0 heterocycles. The van der Waals surface area contributed by atoms with Crippen LogP contribution in [0.2, 0.25) is 0 Å². The molecule has 0 saturated heterocycles. The quantitative estimate of drug-likeness (QED) is 0.409. The van der Waals surface area contributed by atoms with Gasteiger partial charge in [0.25, 0.3) is 0 Å². The van der Waals surface area contributed by atoms with Gasteiger partial charge in [0.2, 0.25) is 6.41 Å². The number of carbonyl (C=O) groups excluding carboxylic acids is 1. The molecule has 136 valence electrons. The number of hydrogen-bond acceptors (Lipinski definition) is 3. The first-order chi connectivity index (χ1) is 12.5. The molecule has 0 unspecified atom stereocenters. The third kappa shape index (κ3) is 5.55. The van der Waals surface area contributed by atoms with Gasteiger partial charge in [-0.15, -0.1) is 0 Å². The van der Waals surface area contributed by atoms with E-state index in [9.17, 15) is 9.59 Å². The molecule has 0 aliphatic carbocycles. The lowest BCUT2D eigenvalue weighted by atomic mass is 9.98. The second kappa shape index (κ2) is 9.51. The van der Waals surface area contributed by atoms with Crippen LogP contribution in [-0.4, -0.2) is 34.8 Å². The van der Waals surface area contributed by atoms with E-state index in [0.29, 0.717) is 25.2 Å². The van der Waals surface area contributed by atoms with Crippen molar-refractivity contribution < 1.29 is 14.7 Å². The largest absolute Gasteiger partial charge is 0.481 e. The molecule has 1 amide bonds. The monoisotopic (exact) mass is 352 g/mol. The Kier molecular flexibility index (Phi) is 7.09. The molecule has 26 heavy (non-hydrogen) atoms. The normalized spacial score (nSPS) is 10.3. The van der Waals surface area contributed by atoms with E-state index >= 15 is 0 Å². The van der Waals surface area contributed by atoms with Gasteiger partial charge >= 0.3 is 5.97 Å². The Morgan fingerprint density at radius 3 is 2.31 bits per heavy atom. The van der Waals surface area contributed by atoms with E-state index < -0.39 is 5.97 Å². The van der Waals surface area contributed by atoms with E-state index in [4.69, 9.17) is 10.5 Å². The van der Waals surface area contributed by atoms with E-state index in [2.05, 4.69) is 6.07 Å². The Morgan fingerprint density at radius 2 is 1.73 bits per heavy atom. The summed E-state index contributed by atoms with van der Waals surface area (Å²) >= 11 is 0. The fraction of sp³-hybridized carbons (Fsp3) is 0.286. The van der Waals surface area contributed by atoms with Crippen molar-refractivity contribution in [1.82, 2.24) is 4.90 Å². The van der Waals surface area contributed by atoms with Crippen LogP contribution >= 0.6 is 0 Å². The van der Waals surface area contributed by atoms with Gasteiger partial charge < -0.3 is 10.0 Å². The maximum atomic E-state index is 10.9. The van der Waals surface area contributed by atoms with Crippen LogP contribution in [0.3, 0.4) is 0 Å². The molecule has 0 atom stereocenters. The molecule has 2 aromatic carbocycles. The third-order valence-corrected chi connectivity index (χ3v) is 4.24. The zero-order chi connectivity index (χ0) is 18.9. The van der Waals surface area contributed by atoms with Crippen LogP contribution in [0, 0.1) is 5.41 Å². The van der Waals surface area contributed by atoms with Gasteiger partial charge in [-0.2, -0.15) is 0 Å². The fourth-order valence-corrected chi connectivity index (χ4v) is 2.87. The number of hydrogen-bond donors (Lipinski definition) is 2. The fourth-order valence-electron chi connectivity index (χ4n) is 2.87. The highest BCUT2D eigenvalue weighted by Gasteiger charge is 2.07. The molecule has 5 nitrogen and oxygen atoms in total. The summed E-state index contributed by atoms with van der Waals surface area (Å²) in [6, 6.07) is 15.7. The van der Waals surface area contributed by atoms with Gasteiger partial charge in [-0.1, -0.05) is 48.5 Å². The molecule has 0 spiro atoms. The van der Waals surface area contributed by atoms with Crippen molar-refractivity contribution in [2.75, 3.05) is 6.54 Å². The Labute approximate surface area is 153 Å². The van der Waals surface area contributed by atoms with Crippen LogP contribution in [0.4, 0.5) is 0 Å². The van der Waals surface area contributed by atoms with Gasteiger partial charge in [0, 0.05) is 13.0 Å². The number of amides is 1. The summed E-state index contributed by atoms with van der Waals surface area (Å²) in [5.41, 5.74) is 3.99. The molecule has 0 aliphatic rings. The van der Waals surface area contributed by atoms with Crippen LogP contribution in [0.1, 0.15) is 30.9 Å². The summed E-state index contributed by atoms with van der Waals surface area (Å²) < 4.78 is 0. The third-order valence-electron chi connectivity index (χ3n) is 4.24. The molecule has 0 aliphatic heterocycles. The van der Waals surface area contributed by atoms with Gasteiger partial charge in [-0.3, -0.25) is 15.0 Å². The smallest absolute Gasteiger partial charge is 0.307 e. The number of aliphatic carboxylic acids is 1. The first-order valence-corrected chi connectivity index (χ1v) is 8.73. The zero-order valence-corrected chi connectivity index (χ0v) is 14.9. The Morgan fingerprint density at radius 1 is 1.12 bits per heavy atom. The van der Waals surface area contributed by atoms with Crippen molar-refractivity contribution in [1.29, 1.82) is 5.41 Å². The van der Waals surface area contributed by atoms with Crippen molar-refractivity contribution in [2.45, 2.75) is 32.6 Å². The van der Waals surface area contributed by atoms with Gasteiger partial charge in [-0.05, 0) is 42.0 Å². The van der Waals surface area contributed by atoms with Crippen LogP contribution in [0.25, 0.3) is 11.1 Å². The number of nitrogens with zero attached hydrogens (tertiary/aromatic N) is 1. The maximum Gasteiger partial charge on any atom is 0.307 e. The van der Waals surface area contributed by atoms with Crippen LogP contribution < -0.4 is 0 Å². The molecule has 2 aromatic rings. The molecule has 0 fully saturated rings. The molecule has 0 saturated carbocycles. The highest BCUT2D eigenvalue weighted by atomic mass is 16.4. The summed E-state index contributed by atoms with van der Waals surface area (Å²) in [6.45, 7) is 2.37. The lowest BCUT2D eigenvalue weighted by Crippen LogP contribution is -2.28. The average molecular weight is 352 g/mol. The zero-order valence-electron chi connectivity index (χ0n) is 14.9. The minimum Gasteiger partial charge on any atom is -0.481 e. The summed E-state index contributed by atoms with van der Waals surface area (Å²) in [4.78, 5) is 23.2. The minimum absolute atomic E-state index is 0.0142. The van der Waals surface area contributed by atoms with Gasteiger partial charge in [0.15, 0.2) is 0 Å². The van der Waals surface area contributed by atoms with E-state index in [1.807, 2.05) is 49.4 Å². The number of carboxylic acids is 1. The number of carboxylic acid groups (broad SMARTS) is 1. The van der Waals surface area contributed by atoms with Gasteiger partial charge in [0.05, 0.1) is 6.42 Å². The SMILES string of the molecule is CCN(C=O)C(=N)CCCc1cccc(-c2cccc(CC(=O)O)c2)c1. The summed E-state index contributed by atoms with van der Waals surface area (Å²) in [7, 11) is 0. The standard InChI is InChI=1S/C21H24N2O3/c1-2-23(15-24)20(22)11-5-7-16-6-3-9-18(12-16)19-10-4-8-17(13-19)14-21(25)26/h3-4,6,8-10,12-13,15,22H,2,5,7,11,14H2,1H3,(H,25,26). The minimum atomic E-state index is -0.838. The molecule has 5 heteroatoms. The van der Waals surface area contributed by atoms with Crippen molar-refractivity contribution in [3.05, 3.63) is 59.7 Å². The topological polar surface area (TPSA) is 81.5 Å².